The van der Waals surface area contributed by atoms with Gasteiger partial charge in [0.25, 0.3) is 11.8 Å². The molecule has 8 nitrogen and oxygen atoms in total. The largest absolute Gasteiger partial charge is 0.379 e. The molecule has 1 heterocycles. The lowest BCUT2D eigenvalue weighted by Gasteiger charge is -2.21. The third-order valence-electron chi connectivity index (χ3n) is 10.7. The normalized spacial score (nSPS) is 14.5. The van der Waals surface area contributed by atoms with Gasteiger partial charge in [0.05, 0.1) is 30.5 Å². The van der Waals surface area contributed by atoms with Gasteiger partial charge in [0, 0.05) is 19.8 Å². The van der Waals surface area contributed by atoms with Gasteiger partial charge in [-0.1, -0.05) is 193 Å². The lowest BCUT2D eigenvalue weighted by Crippen LogP contribution is -2.33. The minimum absolute atomic E-state index is 0.0762. The van der Waals surface area contributed by atoms with Crippen molar-refractivity contribution in [2.75, 3.05) is 39.1 Å². The molecule has 0 saturated heterocycles. The molecular formula is C45H80NO7P. The average Bonchev–Trinajstić information content (AvgIpc) is 3.41. The summed E-state index contributed by atoms with van der Waals surface area (Å²) >= 11 is 0. The first-order chi connectivity index (χ1) is 26.4. The first-order valence-corrected chi connectivity index (χ1v) is 24.3. The predicted octanol–water partition coefficient (Wildman–Crippen LogP) is 12.8. The van der Waals surface area contributed by atoms with E-state index in [1.165, 1.54) is 154 Å². The lowest BCUT2D eigenvalue weighted by molar-refractivity contribution is -0.0403. The van der Waals surface area contributed by atoms with Gasteiger partial charge in [0.2, 0.25) is 0 Å². The van der Waals surface area contributed by atoms with Crippen LogP contribution in [-0.2, 0) is 18.6 Å². The number of imide groups is 1. The highest BCUT2D eigenvalue weighted by Crippen LogP contribution is 2.42. The molecule has 1 N–H and O–H groups in total. The predicted molar refractivity (Wildman–Crippen MR) is 224 cm³/mol. The van der Waals surface area contributed by atoms with Crippen molar-refractivity contribution in [3.05, 3.63) is 35.4 Å². The van der Waals surface area contributed by atoms with Gasteiger partial charge < -0.3 is 18.9 Å². The average molecular weight is 778 g/mol. The molecular weight excluding hydrogens is 697 g/mol. The van der Waals surface area contributed by atoms with Gasteiger partial charge in [-0.05, 0) is 25.0 Å². The first-order valence-electron chi connectivity index (χ1n) is 22.5. The third-order valence-corrected chi connectivity index (χ3v) is 12.1. The molecule has 312 valence electrons. The van der Waals surface area contributed by atoms with E-state index in [1.807, 2.05) is 0 Å². The van der Waals surface area contributed by atoms with Crippen LogP contribution in [0.1, 0.15) is 214 Å². The molecule has 1 aliphatic heterocycles. The van der Waals surface area contributed by atoms with Gasteiger partial charge in [0.1, 0.15) is 6.10 Å². The molecule has 2 amide bonds. The molecule has 0 saturated carbocycles. The number of rotatable bonds is 39. The van der Waals surface area contributed by atoms with Crippen molar-refractivity contribution in [3.63, 3.8) is 0 Å². The number of ether oxygens (including phenoxy) is 2. The zero-order chi connectivity index (χ0) is 39.0. The van der Waals surface area contributed by atoms with E-state index < -0.39 is 25.5 Å². The van der Waals surface area contributed by atoms with E-state index in [4.69, 9.17) is 14.0 Å². The summed E-state index contributed by atoms with van der Waals surface area (Å²) < 4.78 is 30.6. The topological polar surface area (TPSA) is 102 Å². The maximum Gasteiger partial charge on any atom is 0.330 e. The molecule has 1 unspecified atom stereocenters. The number of carbonyl (C=O) groups excluding carboxylic acids is 2. The maximum absolute atomic E-state index is 13.0. The van der Waals surface area contributed by atoms with Gasteiger partial charge >= 0.3 is 7.60 Å². The van der Waals surface area contributed by atoms with Gasteiger partial charge in [-0.2, -0.15) is 0 Å². The summed E-state index contributed by atoms with van der Waals surface area (Å²) in [4.78, 5) is 37.0. The van der Waals surface area contributed by atoms with E-state index in [0.717, 1.165) is 30.6 Å². The highest BCUT2D eigenvalue weighted by molar-refractivity contribution is 7.52. The molecule has 0 radical (unpaired) electrons. The Bertz CT molecular complexity index is 1100. The highest BCUT2D eigenvalue weighted by atomic mass is 31.2. The molecule has 0 aromatic heterocycles. The van der Waals surface area contributed by atoms with Crippen molar-refractivity contribution >= 4 is 19.4 Å². The van der Waals surface area contributed by atoms with E-state index in [1.54, 1.807) is 24.3 Å². The minimum Gasteiger partial charge on any atom is -0.379 e. The van der Waals surface area contributed by atoms with Crippen LogP contribution < -0.4 is 0 Å². The molecule has 0 bridgehead atoms. The van der Waals surface area contributed by atoms with Crippen LogP contribution in [-0.4, -0.2) is 66.8 Å². The fourth-order valence-corrected chi connectivity index (χ4v) is 8.22. The van der Waals surface area contributed by atoms with E-state index in [-0.39, 0.29) is 19.3 Å². The molecule has 1 aromatic rings. The highest BCUT2D eigenvalue weighted by Gasteiger charge is 2.36. The Labute approximate surface area is 330 Å². The molecule has 0 fully saturated rings. The quantitative estimate of drug-likeness (QED) is 0.0403. The summed E-state index contributed by atoms with van der Waals surface area (Å²) in [6, 6.07) is 6.61. The van der Waals surface area contributed by atoms with Crippen LogP contribution in [0.25, 0.3) is 0 Å². The molecule has 2 atom stereocenters. The monoisotopic (exact) mass is 778 g/mol. The molecule has 54 heavy (non-hydrogen) atoms. The number of hydrogen-bond acceptors (Lipinski definition) is 6. The van der Waals surface area contributed by atoms with E-state index in [0.29, 0.717) is 30.9 Å². The molecule has 1 aliphatic rings. The minimum atomic E-state index is -4.08. The van der Waals surface area contributed by atoms with Crippen molar-refractivity contribution in [1.82, 2.24) is 4.90 Å². The Hall–Kier alpha value is -1.57. The van der Waals surface area contributed by atoms with Crippen LogP contribution in [0.5, 0.6) is 0 Å². The summed E-state index contributed by atoms with van der Waals surface area (Å²) in [5, 5.41) is 0. The molecule has 2 rings (SSSR count). The molecule has 0 spiro atoms. The second-order valence-corrected chi connectivity index (χ2v) is 17.7. The van der Waals surface area contributed by atoms with Gasteiger partial charge in [-0.25, -0.2) is 0 Å². The van der Waals surface area contributed by atoms with Gasteiger partial charge in [-0.3, -0.25) is 19.1 Å². The van der Waals surface area contributed by atoms with Crippen LogP contribution >= 0.6 is 7.60 Å². The Balaban J connectivity index is 1.62. The van der Waals surface area contributed by atoms with Crippen LogP contribution in [0, 0.1) is 0 Å². The van der Waals surface area contributed by atoms with Crippen LogP contribution in [0.3, 0.4) is 0 Å². The van der Waals surface area contributed by atoms with Crippen molar-refractivity contribution in [1.29, 1.82) is 0 Å². The van der Waals surface area contributed by atoms with Crippen molar-refractivity contribution in [3.8, 4) is 0 Å². The number of amides is 2. The van der Waals surface area contributed by atoms with E-state index in [9.17, 15) is 19.0 Å². The molecule has 0 aliphatic carbocycles. The maximum atomic E-state index is 13.0. The fourth-order valence-electron chi connectivity index (χ4n) is 7.24. The summed E-state index contributed by atoms with van der Waals surface area (Å²) in [5.41, 5.74) is 0.646. The van der Waals surface area contributed by atoms with E-state index >= 15 is 0 Å². The summed E-state index contributed by atoms with van der Waals surface area (Å²) in [6.07, 6.45) is 35.6. The zero-order valence-electron chi connectivity index (χ0n) is 34.7. The van der Waals surface area contributed by atoms with Crippen molar-refractivity contribution in [2.45, 2.75) is 200 Å². The third kappa shape index (κ3) is 23.5. The lowest BCUT2D eigenvalue weighted by atomic mass is 10.0. The summed E-state index contributed by atoms with van der Waals surface area (Å²) in [7, 11) is -4.08. The fraction of sp³-hybridized carbons (Fsp3) is 0.822. The Morgan fingerprint density at radius 3 is 1.33 bits per heavy atom. The van der Waals surface area contributed by atoms with E-state index in [2.05, 4.69) is 13.8 Å². The molecule has 9 heteroatoms. The second-order valence-electron chi connectivity index (χ2n) is 15.7. The Morgan fingerprint density at radius 1 is 0.556 bits per heavy atom. The number of fused-ring (bicyclic) bond motifs is 1. The van der Waals surface area contributed by atoms with Crippen LogP contribution in [0.15, 0.2) is 24.3 Å². The standard InChI is InChI=1S/C45H80NO7P/c1-3-5-7-9-11-13-15-17-19-21-23-25-27-31-36-51-39-41(52-37-32-28-26-24-22-20-18-16-14-12-10-8-6-4-2)40-53-54(49,50)38-35-46-44(47)42-33-29-30-34-43(42)45(46)48/h29-30,33-34,41H,3-28,31-32,35-40H2,1-2H3,(H,49,50)/t41-/m0/s1. The van der Waals surface area contributed by atoms with Crippen molar-refractivity contribution in [2.24, 2.45) is 0 Å². The Morgan fingerprint density at radius 2 is 0.926 bits per heavy atom. The Kier molecular flexibility index (Phi) is 29.2. The van der Waals surface area contributed by atoms with Gasteiger partial charge in [-0.15, -0.1) is 0 Å². The van der Waals surface area contributed by atoms with Crippen LogP contribution in [0.2, 0.25) is 0 Å². The summed E-state index contributed by atoms with van der Waals surface area (Å²) in [6.45, 7) is 5.77. The van der Waals surface area contributed by atoms with Crippen LogP contribution in [0.4, 0.5) is 0 Å². The number of nitrogens with zero attached hydrogens (tertiary/aromatic N) is 1. The number of carbonyl (C=O) groups is 2. The number of benzene rings is 1. The molecule has 1 aromatic carbocycles. The number of unbranched alkanes of at least 4 members (excludes halogenated alkanes) is 26. The first kappa shape index (κ1) is 48.6. The van der Waals surface area contributed by atoms with Crippen molar-refractivity contribution < 1.29 is 33.0 Å². The SMILES string of the molecule is CCCCCCCCCCCCCCCCOC[C@@H](COP(=O)(O)CCN1C(=O)c2ccccc2C1=O)OCCCCCCCCCCCCCCCC. The zero-order valence-corrected chi connectivity index (χ0v) is 35.6. The van der Waals surface area contributed by atoms with Gasteiger partial charge in [0.15, 0.2) is 0 Å². The second kappa shape index (κ2) is 32.5. The number of hydrogen-bond donors (Lipinski definition) is 1. The summed E-state index contributed by atoms with van der Waals surface area (Å²) in [5.74, 6) is -0.885. The smallest absolute Gasteiger partial charge is 0.330 e.